The zero-order valence-corrected chi connectivity index (χ0v) is 12.0. The van der Waals surface area contributed by atoms with E-state index in [1.165, 1.54) is 0 Å². The summed E-state index contributed by atoms with van der Waals surface area (Å²) in [6.45, 7) is 4.10. The van der Waals surface area contributed by atoms with Gasteiger partial charge in [0.1, 0.15) is 6.04 Å². The van der Waals surface area contributed by atoms with Crippen LogP contribution in [0.4, 0.5) is 5.69 Å². The number of nitrogens with zero attached hydrogens (tertiary/aromatic N) is 1. The monoisotopic (exact) mass is 310 g/mol. The molecule has 0 aromatic heterocycles. The standard InChI is InChI=1S/C13H15BrN2O2/c1-8-3-4-10(14)11(7-8)16-6-5-12(17)15-9(2)13(16)18/h3-4,7,9H,5-6H2,1-2H3,(H,15,17). The van der Waals surface area contributed by atoms with Crippen LogP contribution in [0.5, 0.6) is 0 Å². The number of anilines is 1. The molecule has 1 saturated heterocycles. The molecule has 18 heavy (non-hydrogen) atoms. The summed E-state index contributed by atoms with van der Waals surface area (Å²) < 4.78 is 0.864. The second-order valence-electron chi connectivity index (χ2n) is 4.48. The number of hydrogen-bond donors (Lipinski definition) is 1. The predicted octanol–water partition coefficient (Wildman–Crippen LogP) is 2.00. The van der Waals surface area contributed by atoms with E-state index in [0.717, 1.165) is 15.7 Å². The second-order valence-corrected chi connectivity index (χ2v) is 5.34. The number of carbonyl (C=O) groups is 2. The van der Waals surface area contributed by atoms with Gasteiger partial charge in [0, 0.05) is 17.4 Å². The van der Waals surface area contributed by atoms with Crippen LogP contribution in [0.1, 0.15) is 18.9 Å². The third kappa shape index (κ3) is 2.56. The van der Waals surface area contributed by atoms with Crippen LogP contribution in [0, 0.1) is 6.92 Å². The van der Waals surface area contributed by atoms with Crippen molar-refractivity contribution in [2.75, 3.05) is 11.4 Å². The van der Waals surface area contributed by atoms with Crippen LogP contribution in [-0.2, 0) is 9.59 Å². The van der Waals surface area contributed by atoms with Crippen molar-refractivity contribution in [3.05, 3.63) is 28.2 Å². The van der Waals surface area contributed by atoms with Crippen molar-refractivity contribution in [2.24, 2.45) is 0 Å². The Morgan fingerprint density at radius 2 is 2.11 bits per heavy atom. The number of halogens is 1. The van der Waals surface area contributed by atoms with Crippen LogP contribution >= 0.6 is 15.9 Å². The maximum Gasteiger partial charge on any atom is 0.249 e. The normalized spacial score (nSPS) is 20.6. The Kier molecular flexibility index (Phi) is 3.71. The summed E-state index contributed by atoms with van der Waals surface area (Å²) in [5.41, 5.74) is 1.90. The molecule has 1 aliphatic rings. The highest BCUT2D eigenvalue weighted by Crippen LogP contribution is 2.28. The number of hydrogen-bond acceptors (Lipinski definition) is 2. The molecule has 1 fully saturated rings. The van der Waals surface area contributed by atoms with Crippen molar-refractivity contribution < 1.29 is 9.59 Å². The predicted molar refractivity (Wildman–Crippen MR) is 73.5 cm³/mol. The fraction of sp³-hybridized carbons (Fsp3) is 0.385. The minimum Gasteiger partial charge on any atom is -0.345 e. The fourth-order valence-electron chi connectivity index (χ4n) is 2.00. The number of rotatable bonds is 1. The summed E-state index contributed by atoms with van der Waals surface area (Å²) in [5.74, 6) is -0.158. The lowest BCUT2D eigenvalue weighted by Crippen LogP contribution is -2.42. The van der Waals surface area contributed by atoms with E-state index in [9.17, 15) is 9.59 Å². The Balaban J connectivity index is 2.38. The zero-order valence-electron chi connectivity index (χ0n) is 10.4. The van der Waals surface area contributed by atoms with E-state index in [0.29, 0.717) is 13.0 Å². The molecule has 4 nitrogen and oxygen atoms in total. The molecule has 5 heteroatoms. The third-order valence-electron chi connectivity index (χ3n) is 2.97. The number of aryl methyl sites for hydroxylation is 1. The summed E-state index contributed by atoms with van der Waals surface area (Å²) >= 11 is 3.45. The number of carbonyl (C=O) groups excluding carboxylic acids is 2. The topological polar surface area (TPSA) is 49.4 Å². The molecule has 1 atom stereocenters. The number of amides is 2. The smallest absolute Gasteiger partial charge is 0.249 e. The van der Waals surface area contributed by atoms with E-state index in [1.807, 2.05) is 25.1 Å². The maximum atomic E-state index is 12.2. The van der Waals surface area contributed by atoms with Gasteiger partial charge in [-0.2, -0.15) is 0 Å². The molecule has 1 aliphatic heterocycles. The lowest BCUT2D eigenvalue weighted by Gasteiger charge is -2.24. The Morgan fingerprint density at radius 1 is 1.39 bits per heavy atom. The molecule has 1 aromatic rings. The molecular formula is C13H15BrN2O2. The molecule has 2 amide bonds. The van der Waals surface area contributed by atoms with E-state index < -0.39 is 6.04 Å². The Morgan fingerprint density at radius 3 is 2.83 bits per heavy atom. The van der Waals surface area contributed by atoms with E-state index in [4.69, 9.17) is 0 Å². The Labute approximate surface area is 114 Å². The number of benzene rings is 1. The van der Waals surface area contributed by atoms with Gasteiger partial charge in [-0.3, -0.25) is 9.59 Å². The fourth-order valence-corrected chi connectivity index (χ4v) is 2.46. The largest absolute Gasteiger partial charge is 0.345 e. The van der Waals surface area contributed by atoms with Crippen LogP contribution < -0.4 is 10.2 Å². The van der Waals surface area contributed by atoms with Crippen molar-refractivity contribution in [3.8, 4) is 0 Å². The van der Waals surface area contributed by atoms with Gasteiger partial charge in [-0.25, -0.2) is 0 Å². The van der Waals surface area contributed by atoms with Crippen LogP contribution in [0.2, 0.25) is 0 Å². The highest BCUT2D eigenvalue weighted by molar-refractivity contribution is 9.10. The van der Waals surface area contributed by atoms with Crippen LogP contribution in [0.15, 0.2) is 22.7 Å². The van der Waals surface area contributed by atoms with E-state index >= 15 is 0 Å². The van der Waals surface area contributed by atoms with Crippen molar-refractivity contribution in [1.82, 2.24) is 5.32 Å². The first-order valence-corrected chi connectivity index (χ1v) is 6.65. The summed E-state index contributed by atoms with van der Waals surface area (Å²) in [6.07, 6.45) is 0.330. The molecule has 1 heterocycles. The van der Waals surface area contributed by atoms with Gasteiger partial charge in [-0.15, -0.1) is 0 Å². The van der Waals surface area contributed by atoms with Crippen LogP contribution in [-0.4, -0.2) is 24.4 Å². The molecule has 0 saturated carbocycles. The second kappa shape index (κ2) is 5.10. The lowest BCUT2D eigenvalue weighted by molar-refractivity contribution is -0.125. The third-order valence-corrected chi connectivity index (χ3v) is 3.64. The molecule has 0 aliphatic carbocycles. The summed E-state index contributed by atoms with van der Waals surface area (Å²) in [7, 11) is 0. The van der Waals surface area contributed by atoms with Gasteiger partial charge in [0.25, 0.3) is 0 Å². The van der Waals surface area contributed by atoms with Crippen LogP contribution in [0.3, 0.4) is 0 Å². The highest BCUT2D eigenvalue weighted by Gasteiger charge is 2.28. The summed E-state index contributed by atoms with van der Waals surface area (Å²) in [5, 5.41) is 2.68. The Hall–Kier alpha value is -1.36. The number of nitrogens with one attached hydrogen (secondary N) is 1. The van der Waals surface area contributed by atoms with Gasteiger partial charge in [-0.1, -0.05) is 6.07 Å². The molecule has 0 bridgehead atoms. The quantitative estimate of drug-likeness (QED) is 0.862. The Bertz CT molecular complexity index is 502. The van der Waals surface area contributed by atoms with Crippen molar-refractivity contribution in [2.45, 2.75) is 26.3 Å². The van der Waals surface area contributed by atoms with Gasteiger partial charge in [0.05, 0.1) is 5.69 Å². The first-order valence-electron chi connectivity index (χ1n) is 5.86. The van der Waals surface area contributed by atoms with E-state index in [1.54, 1.807) is 11.8 Å². The van der Waals surface area contributed by atoms with E-state index in [2.05, 4.69) is 21.2 Å². The SMILES string of the molecule is Cc1ccc(Br)c(N2CCC(=O)NC(C)C2=O)c1. The van der Waals surface area contributed by atoms with Gasteiger partial charge < -0.3 is 10.2 Å². The summed E-state index contributed by atoms with van der Waals surface area (Å²) in [6, 6.07) is 5.36. The molecular weight excluding hydrogens is 296 g/mol. The molecule has 2 rings (SSSR count). The van der Waals surface area contributed by atoms with Gasteiger partial charge >= 0.3 is 0 Å². The average Bonchev–Trinajstić information content (AvgIpc) is 2.44. The van der Waals surface area contributed by atoms with Crippen molar-refractivity contribution in [1.29, 1.82) is 0 Å². The molecule has 1 N–H and O–H groups in total. The zero-order chi connectivity index (χ0) is 13.3. The maximum absolute atomic E-state index is 12.2. The molecule has 0 radical (unpaired) electrons. The minimum atomic E-state index is -0.479. The molecule has 1 aromatic carbocycles. The minimum absolute atomic E-state index is 0.0767. The summed E-state index contributed by atoms with van der Waals surface area (Å²) in [4.78, 5) is 25.4. The first-order chi connectivity index (χ1) is 8.49. The molecule has 1 unspecified atom stereocenters. The highest BCUT2D eigenvalue weighted by atomic mass is 79.9. The molecule has 0 spiro atoms. The molecule has 96 valence electrons. The van der Waals surface area contributed by atoms with Gasteiger partial charge in [0.15, 0.2) is 0 Å². The van der Waals surface area contributed by atoms with Crippen molar-refractivity contribution in [3.63, 3.8) is 0 Å². The van der Waals surface area contributed by atoms with Crippen molar-refractivity contribution >= 4 is 33.4 Å². The van der Waals surface area contributed by atoms with Gasteiger partial charge in [0.2, 0.25) is 11.8 Å². The van der Waals surface area contributed by atoms with Crippen LogP contribution in [0.25, 0.3) is 0 Å². The van der Waals surface area contributed by atoms with E-state index in [-0.39, 0.29) is 11.8 Å². The average molecular weight is 311 g/mol. The van der Waals surface area contributed by atoms with Gasteiger partial charge in [-0.05, 0) is 47.5 Å². The lowest BCUT2D eigenvalue weighted by atomic mass is 10.2. The first kappa shape index (κ1) is 13.1.